The minimum absolute atomic E-state index is 0.110. The number of aromatic amines is 1. The van der Waals surface area contributed by atoms with Gasteiger partial charge >= 0.3 is 0 Å². The number of rotatable bonds is 6. The van der Waals surface area contributed by atoms with Gasteiger partial charge in [-0.3, -0.25) is 9.59 Å². The molecule has 0 fully saturated rings. The Bertz CT molecular complexity index is 830. The number of fused-ring (bicyclic) bond motifs is 1. The molecule has 138 valence electrons. The van der Waals surface area contributed by atoms with Crippen LogP contribution in [0, 0.1) is 5.82 Å². The van der Waals surface area contributed by atoms with Crippen LogP contribution in [0.2, 0.25) is 0 Å². The molecule has 0 radical (unpaired) electrons. The van der Waals surface area contributed by atoms with Crippen LogP contribution >= 0.6 is 0 Å². The van der Waals surface area contributed by atoms with Crippen LogP contribution in [0.25, 0.3) is 0 Å². The number of unbranched alkanes of at least 4 members (excludes halogenated alkanes) is 2. The van der Waals surface area contributed by atoms with E-state index in [2.05, 4.69) is 16.9 Å². The van der Waals surface area contributed by atoms with Crippen LogP contribution in [0.1, 0.15) is 55.3 Å². The van der Waals surface area contributed by atoms with Crippen molar-refractivity contribution in [3.63, 3.8) is 0 Å². The molecule has 0 spiro atoms. The second kappa shape index (κ2) is 8.25. The molecule has 5 nitrogen and oxygen atoms in total. The first-order chi connectivity index (χ1) is 12.6. The van der Waals surface area contributed by atoms with Gasteiger partial charge in [-0.15, -0.1) is 0 Å². The number of aromatic nitrogens is 2. The zero-order valence-corrected chi connectivity index (χ0v) is 15.1. The quantitative estimate of drug-likeness (QED) is 0.809. The molecular formula is C20H24FN3O2. The largest absolute Gasteiger partial charge is 0.338 e. The van der Waals surface area contributed by atoms with E-state index in [0.29, 0.717) is 43.7 Å². The van der Waals surface area contributed by atoms with Gasteiger partial charge in [-0.1, -0.05) is 31.9 Å². The molecule has 2 aromatic rings. The van der Waals surface area contributed by atoms with Crippen LogP contribution in [0.5, 0.6) is 0 Å². The molecule has 0 unspecified atom stereocenters. The number of nitrogens with zero attached hydrogens (tertiary/aromatic N) is 2. The number of carbonyl (C=O) groups excluding carboxylic acids is 1. The maximum atomic E-state index is 13.0. The fourth-order valence-corrected chi connectivity index (χ4v) is 3.25. The summed E-state index contributed by atoms with van der Waals surface area (Å²) in [5.41, 5.74) is 2.06. The minimum Gasteiger partial charge on any atom is -0.338 e. The van der Waals surface area contributed by atoms with Gasteiger partial charge in [0, 0.05) is 25.8 Å². The lowest BCUT2D eigenvalue weighted by Gasteiger charge is -2.28. The van der Waals surface area contributed by atoms with Crippen molar-refractivity contribution in [1.82, 2.24) is 14.9 Å². The number of hydrogen-bond acceptors (Lipinski definition) is 3. The number of H-pyrrole nitrogens is 1. The Hall–Kier alpha value is -2.50. The molecule has 2 heterocycles. The molecule has 1 aromatic heterocycles. The van der Waals surface area contributed by atoms with E-state index in [1.54, 1.807) is 17.0 Å². The molecule has 26 heavy (non-hydrogen) atoms. The lowest BCUT2D eigenvalue weighted by Crippen LogP contribution is -2.39. The Morgan fingerprint density at radius 3 is 2.77 bits per heavy atom. The highest BCUT2D eigenvalue weighted by molar-refractivity contribution is 5.76. The monoisotopic (exact) mass is 357 g/mol. The summed E-state index contributed by atoms with van der Waals surface area (Å²) < 4.78 is 13.0. The van der Waals surface area contributed by atoms with Crippen molar-refractivity contribution in [2.24, 2.45) is 0 Å². The van der Waals surface area contributed by atoms with Crippen molar-refractivity contribution in [3.05, 3.63) is 63.1 Å². The molecule has 0 aliphatic carbocycles. The fraction of sp³-hybridized carbons (Fsp3) is 0.450. The summed E-state index contributed by atoms with van der Waals surface area (Å²) in [7, 11) is 0. The van der Waals surface area contributed by atoms with Crippen molar-refractivity contribution in [2.45, 2.75) is 52.0 Å². The van der Waals surface area contributed by atoms with E-state index in [1.807, 2.05) is 0 Å². The standard InChI is InChI=1S/C20H24FN3O2/c1-2-3-4-5-19(25)24-11-10-17-16(13-24)20(26)23-18(22-17)12-14-6-8-15(21)9-7-14/h6-9H,2-5,10-13H2,1H3,(H,22,23,26). The van der Waals surface area contributed by atoms with E-state index in [4.69, 9.17) is 0 Å². The van der Waals surface area contributed by atoms with Crippen LogP contribution < -0.4 is 5.56 Å². The summed E-state index contributed by atoms with van der Waals surface area (Å²) in [5, 5.41) is 0. The van der Waals surface area contributed by atoms with Crippen LogP contribution in [0.4, 0.5) is 4.39 Å². The molecule has 1 N–H and O–H groups in total. The second-order valence-corrected chi connectivity index (χ2v) is 6.76. The van der Waals surface area contributed by atoms with E-state index < -0.39 is 0 Å². The van der Waals surface area contributed by atoms with Gasteiger partial charge in [0.05, 0.1) is 17.8 Å². The lowest BCUT2D eigenvalue weighted by atomic mass is 10.1. The predicted molar refractivity (Wildman–Crippen MR) is 97.3 cm³/mol. The van der Waals surface area contributed by atoms with E-state index >= 15 is 0 Å². The summed E-state index contributed by atoms with van der Waals surface area (Å²) in [5.74, 6) is 0.395. The van der Waals surface area contributed by atoms with Crippen LogP contribution in [-0.2, 0) is 24.2 Å². The molecule has 1 aromatic carbocycles. The van der Waals surface area contributed by atoms with Crippen molar-refractivity contribution in [1.29, 1.82) is 0 Å². The number of hydrogen-bond donors (Lipinski definition) is 1. The summed E-state index contributed by atoms with van der Waals surface area (Å²) in [6.45, 7) is 3.04. The molecule has 0 bridgehead atoms. The molecule has 0 atom stereocenters. The number of halogens is 1. The Balaban J connectivity index is 1.71. The van der Waals surface area contributed by atoms with Gasteiger partial charge in [0.15, 0.2) is 0 Å². The van der Waals surface area contributed by atoms with E-state index in [0.717, 1.165) is 30.5 Å². The normalized spacial score (nSPS) is 13.5. The molecule has 0 saturated heterocycles. The van der Waals surface area contributed by atoms with Crippen molar-refractivity contribution in [2.75, 3.05) is 6.54 Å². The van der Waals surface area contributed by atoms with Gasteiger partial charge in [-0.05, 0) is 24.1 Å². The Labute approximate surface area is 152 Å². The SMILES string of the molecule is CCCCCC(=O)N1CCc2nc(Cc3ccc(F)cc3)[nH]c(=O)c2C1. The van der Waals surface area contributed by atoms with Gasteiger partial charge < -0.3 is 9.88 Å². The maximum Gasteiger partial charge on any atom is 0.256 e. The average Bonchev–Trinajstić information content (AvgIpc) is 2.63. The maximum absolute atomic E-state index is 13.0. The second-order valence-electron chi connectivity index (χ2n) is 6.76. The van der Waals surface area contributed by atoms with E-state index in [-0.39, 0.29) is 17.3 Å². The molecular weight excluding hydrogens is 333 g/mol. The number of amides is 1. The molecule has 6 heteroatoms. The van der Waals surface area contributed by atoms with Crippen molar-refractivity contribution in [3.8, 4) is 0 Å². The Morgan fingerprint density at radius 1 is 1.27 bits per heavy atom. The van der Waals surface area contributed by atoms with Gasteiger partial charge in [-0.25, -0.2) is 9.37 Å². The zero-order chi connectivity index (χ0) is 18.5. The first-order valence-corrected chi connectivity index (χ1v) is 9.20. The highest BCUT2D eigenvalue weighted by Gasteiger charge is 2.24. The molecule has 3 rings (SSSR count). The van der Waals surface area contributed by atoms with E-state index in [9.17, 15) is 14.0 Å². The van der Waals surface area contributed by atoms with Gasteiger partial charge in [0.25, 0.3) is 5.56 Å². The number of nitrogens with one attached hydrogen (secondary N) is 1. The number of carbonyl (C=O) groups is 1. The highest BCUT2D eigenvalue weighted by Crippen LogP contribution is 2.16. The van der Waals surface area contributed by atoms with Gasteiger partial charge in [0.1, 0.15) is 11.6 Å². The van der Waals surface area contributed by atoms with Gasteiger partial charge in [0.2, 0.25) is 5.91 Å². The topological polar surface area (TPSA) is 66.1 Å². The smallest absolute Gasteiger partial charge is 0.256 e. The Morgan fingerprint density at radius 2 is 2.04 bits per heavy atom. The minimum atomic E-state index is -0.288. The molecule has 1 aliphatic rings. The first kappa shape index (κ1) is 18.3. The highest BCUT2D eigenvalue weighted by atomic mass is 19.1. The van der Waals surface area contributed by atoms with E-state index in [1.165, 1.54) is 12.1 Å². The van der Waals surface area contributed by atoms with Gasteiger partial charge in [-0.2, -0.15) is 0 Å². The summed E-state index contributed by atoms with van der Waals surface area (Å²) in [6, 6.07) is 6.17. The third-order valence-corrected chi connectivity index (χ3v) is 4.75. The summed E-state index contributed by atoms with van der Waals surface area (Å²) in [4.78, 5) is 33.9. The lowest BCUT2D eigenvalue weighted by molar-refractivity contribution is -0.132. The zero-order valence-electron chi connectivity index (χ0n) is 15.1. The molecule has 1 amide bonds. The van der Waals surface area contributed by atoms with Crippen molar-refractivity contribution < 1.29 is 9.18 Å². The van der Waals surface area contributed by atoms with Crippen LogP contribution in [0.15, 0.2) is 29.1 Å². The fourth-order valence-electron chi connectivity index (χ4n) is 3.25. The molecule has 0 saturated carbocycles. The van der Waals surface area contributed by atoms with Crippen molar-refractivity contribution >= 4 is 5.91 Å². The van der Waals surface area contributed by atoms with Crippen LogP contribution in [-0.4, -0.2) is 27.3 Å². The Kier molecular flexibility index (Phi) is 5.81. The predicted octanol–water partition coefficient (Wildman–Crippen LogP) is 2.96. The average molecular weight is 357 g/mol. The number of benzene rings is 1. The molecule has 1 aliphatic heterocycles. The first-order valence-electron chi connectivity index (χ1n) is 9.20. The van der Waals surface area contributed by atoms with Crippen LogP contribution in [0.3, 0.4) is 0 Å². The third kappa shape index (κ3) is 4.36. The summed E-state index contributed by atoms with van der Waals surface area (Å²) in [6.07, 6.45) is 4.60. The third-order valence-electron chi connectivity index (χ3n) is 4.75. The summed E-state index contributed by atoms with van der Waals surface area (Å²) >= 11 is 0.